The Balaban J connectivity index is 1.56. The Morgan fingerprint density at radius 3 is 2.42 bits per heavy atom. The summed E-state index contributed by atoms with van der Waals surface area (Å²) < 4.78 is 50.0. The van der Waals surface area contributed by atoms with Crippen molar-refractivity contribution in [1.29, 1.82) is 0 Å². The highest BCUT2D eigenvalue weighted by Crippen LogP contribution is 2.37. The van der Waals surface area contributed by atoms with E-state index in [1.165, 1.54) is 7.11 Å². The number of rotatable bonds is 8. The van der Waals surface area contributed by atoms with Crippen molar-refractivity contribution in [2.24, 2.45) is 16.6 Å². The molecule has 0 aliphatic heterocycles. The van der Waals surface area contributed by atoms with Gasteiger partial charge in [-0.1, -0.05) is 24.3 Å². The molecule has 1 aliphatic carbocycles. The van der Waals surface area contributed by atoms with Crippen molar-refractivity contribution in [2.45, 2.75) is 39.0 Å². The average molecular weight is 501 g/mol. The molecule has 0 amide bonds. The number of aromatic nitrogens is 4. The second-order valence-electron chi connectivity index (χ2n) is 8.53. The molecule has 0 bridgehead atoms. The van der Waals surface area contributed by atoms with Crippen LogP contribution in [0.2, 0.25) is 0 Å². The van der Waals surface area contributed by atoms with Gasteiger partial charge in [-0.2, -0.15) is 18.2 Å². The zero-order valence-corrected chi connectivity index (χ0v) is 20.3. The van der Waals surface area contributed by atoms with Gasteiger partial charge in [0.15, 0.2) is 11.7 Å². The fraction of sp³-hybridized carbons (Fsp3) is 0.360. The number of H-pyrrole nitrogens is 1. The summed E-state index contributed by atoms with van der Waals surface area (Å²) >= 11 is 0. The van der Waals surface area contributed by atoms with Crippen LogP contribution in [0.5, 0.6) is 5.88 Å². The van der Waals surface area contributed by atoms with Gasteiger partial charge < -0.3 is 20.2 Å². The van der Waals surface area contributed by atoms with Gasteiger partial charge >= 0.3 is 6.18 Å². The van der Waals surface area contributed by atoms with Crippen LogP contribution in [0.4, 0.5) is 13.2 Å². The van der Waals surface area contributed by atoms with E-state index in [2.05, 4.69) is 24.9 Å². The molecule has 11 heteroatoms. The zero-order chi connectivity index (χ0) is 26.0. The monoisotopic (exact) mass is 500 g/mol. The number of nitrogens with two attached hydrogens (primary N) is 1. The number of benzene rings is 1. The summed E-state index contributed by atoms with van der Waals surface area (Å²) in [5.41, 5.74) is 8.68. The van der Waals surface area contributed by atoms with E-state index in [1.54, 1.807) is 37.5 Å². The van der Waals surface area contributed by atoms with Gasteiger partial charge in [-0.3, -0.25) is 4.99 Å². The number of nitrogens with zero attached hydrogens (tertiary/aromatic N) is 4. The molecule has 2 heterocycles. The number of methoxy groups -OCH3 is 1. The number of imidazole rings is 1. The number of aryl methyl sites for hydroxylation is 1. The lowest BCUT2D eigenvalue weighted by atomic mass is 10.1. The van der Waals surface area contributed by atoms with Crippen LogP contribution in [-0.4, -0.2) is 39.8 Å². The normalized spacial score (nSPS) is 15.9. The summed E-state index contributed by atoms with van der Waals surface area (Å²) in [5.74, 6) is 1.37. The molecule has 0 radical (unpaired) electrons. The molecule has 4 rings (SSSR count). The van der Waals surface area contributed by atoms with Crippen molar-refractivity contribution in [3.8, 4) is 17.3 Å². The van der Waals surface area contributed by atoms with Gasteiger partial charge in [-0.05, 0) is 32.3 Å². The van der Waals surface area contributed by atoms with E-state index in [1.807, 2.05) is 13.8 Å². The summed E-state index contributed by atoms with van der Waals surface area (Å²) in [6.45, 7) is 3.69. The van der Waals surface area contributed by atoms with Gasteiger partial charge in [0, 0.05) is 30.3 Å². The summed E-state index contributed by atoms with van der Waals surface area (Å²) in [6, 6.07) is 6.92. The Morgan fingerprint density at radius 2 is 1.86 bits per heavy atom. The first kappa shape index (κ1) is 25.2. The molecule has 1 saturated carbocycles. The molecule has 1 atom stereocenters. The van der Waals surface area contributed by atoms with Crippen LogP contribution in [0.3, 0.4) is 0 Å². The van der Waals surface area contributed by atoms with Crippen molar-refractivity contribution < 1.29 is 22.6 Å². The molecule has 3 N–H and O–H groups in total. The molecule has 190 valence electrons. The molecule has 0 spiro atoms. The number of hydrogen-bond donors (Lipinski definition) is 2. The summed E-state index contributed by atoms with van der Waals surface area (Å²) in [4.78, 5) is 19.6. The van der Waals surface area contributed by atoms with E-state index in [-0.39, 0.29) is 11.7 Å². The lowest BCUT2D eigenvalue weighted by Gasteiger charge is -2.18. The Hall–Kier alpha value is -3.89. The van der Waals surface area contributed by atoms with Gasteiger partial charge in [0.25, 0.3) is 0 Å². The third-order valence-corrected chi connectivity index (χ3v) is 5.90. The largest absolute Gasteiger partial charge is 0.482 e. The highest BCUT2D eigenvalue weighted by molar-refractivity contribution is 6.25. The topological polar surface area (TPSA) is 111 Å². The third-order valence-electron chi connectivity index (χ3n) is 5.90. The van der Waals surface area contributed by atoms with Crippen LogP contribution in [0.25, 0.3) is 17.0 Å². The van der Waals surface area contributed by atoms with E-state index in [0.29, 0.717) is 28.8 Å². The van der Waals surface area contributed by atoms with E-state index < -0.39 is 18.0 Å². The molecule has 3 aromatic rings. The number of halogens is 3. The fourth-order valence-corrected chi connectivity index (χ4v) is 3.73. The van der Waals surface area contributed by atoms with Crippen LogP contribution in [-0.2, 0) is 10.9 Å². The van der Waals surface area contributed by atoms with E-state index in [9.17, 15) is 13.2 Å². The first-order valence-electron chi connectivity index (χ1n) is 11.4. The molecule has 8 nitrogen and oxygen atoms in total. The molecule has 1 unspecified atom stereocenters. The molecule has 36 heavy (non-hydrogen) atoms. The minimum absolute atomic E-state index is 0.137. The zero-order valence-electron chi connectivity index (χ0n) is 20.3. The first-order chi connectivity index (χ1) is 17.1. The molecular formula is C25H27F3N6O2. The Bertz CT molecular complexity index is 1290. The van der Waals surface area contributed by atoms with E-state index >= 15 is 0 Å². The van der Waals surface area contributed by atoms with Crippen LogP contribution < -0.4 is 10.5 Å². The predicted octanol–water partition coefficient (Wildman–Crippen LogP) is 5.09. The van der Waals surface area contributed by atoms with Gasteiger partial charge in [0.05, 0.1) is 19.0 Å². The number of aromatic amines is 1. The van der Waals surface area contributed by atoms with Gasteiger partial charge in [-0.15, -0.1) is 0 Å². The highest BCUT2D eigenvalue weighted by atomic mass is 19.4. The van der Waals surface area contributed by atoms with Crippen LogP contribution in [0.15, 0.2) is 47.5 Å². The third kappa shape index (κ3) is 5.34. The number of nitrogens with one attached hydrogen (secondary N) is 1. The Labute approximate surface area is 206 Å². The quantitative estimate of drug-likeness (QED) is 0.329. The van der Waals surface area contributed by atoms with Crippen LogP contribution in [0, 0.1) is 12.8 Å². The van der Waals surface area contributed by atoms with Crippen LogP contribution >= 0.6 is 0 Å². The molecule has 1 fully saturated rings. The molecule has 2 aromatic heterocycles. The first-order valence-corrected chi connectivity index (χ1v) is 11.4. The Morgan fingerprint density at radius 1 is 1.17 bits per heavy atom. The summed E-state index contributed by atoms with van der Waals surface area (Å²) in [7, 11) is 3.19. The van der Waals surface area contributed by atoms with E-state index in [4.69, 9.17) is 15.2 Å². The number of hydrogen-bond acceptors (Lipinski definition) is 7. The van der Waals surface area contributed by atoms with Gasteiger partial charge in [0.1, 0.15) is 23.2 Å². The molecule has 1 aromatic carbocycles. The Kier molecular flexibility index (Phi) is 7.00. The highest BCUT2D eigenvalue weighted by Gasteiger charge is 2.34. The number of alkyl halides is 3. The number of ether oxygens (including phenoxy) is 2. The number of allylic oxidation sites excluding steroid dienone is 1. The van der Waals surface area contributed by atoms with Crippen molar-refractivity contribution in [1.82, 2.24) is 19.9 Å². The average Bonchev–Trinajstić information content (AvgIpc) is 3.56. The minimum atomic E-state index is -4.48. The maximum Gasteiger partial charge on any atom is 0.432 e. The lowest BCUT2D eigenvalue weighted by molar-refractivity contribution is -0.140. The van der Waals surface area contributed by atoms with Crippen molar-refractivity contribution >= 4 is 11.3 Å². The van der Waals surface area contributed by atoms with Crippen LogP contribution in [0.1, 0.15) is 48.5 Å². The second kappa shape index (κ2) is 10.00. The van der Waals surface area contributed by atoms with Gasteiger partial charge in [0.2, 0.25) is 5.88 Å². The SMILES string of the molecule is CN=C(C(=C(N)OC)c1ncc(C)c(OC(C)c2ccc(-c3ncc(C(F)(F)F)[nH]3)cc2)n1)C1CC1. The number of aliphatic imine (C=N–C) groups is 1. The molecular weight excluding hydrogens is 473 g/mol. The predicted molar refractivity (Wildman–Crippen MR) is 129 cm³/mol. The van der Waals surface area contributed by atoms with Gasteiger partial charge in [-0.25, -0.2) is 9.97 Å². The smallest absolute Gasteiger partial charge is 0.432 e. The minimum Gasteiger partial charge on any atom is -0.482 e. The fourth-order valence-electron chi connectivity index (χ4n) is 3.73. The molecule has 0 saturated heterocycles. The summed E-state index contributed by atoms with van der Waals surface area (Å²) in [5, 5.41) is 0. The molecule has 1 aliphatic rings. The van der Waals surface area contributed by atoms with Crippen molar-refractivity contribution in [3.05, 3.63) is 65.2 Å². The van der Waals surface area contributed by atoms with Crippen molar-refractivity contribution in [2.75, 3.05) is 14.2 Å². The summed E-state index contributed by atoms with van der Waals surface area (Å²) in [6.07, 6.45) is -0.409. The standard InChI is InChI=1S/C25H27F3N6O2/c1-13-11-31-23(19(21(29)35-4)20(30-3)16-7-8-16)34-24(13)36-14(2)15-5-9-17(10-6-15)22-32-12-18(33-22)25(26,27)28/h5-6,9-12,14,16H,7-8,29H2,1-4H3,(H,32,33). The van der Waals surface area contributed by atoms with E-state index in [0.717, 1.165) is 35.9 Å². The second-order valence-corrected chi connectivity index (χ2v) is 8.53. The lowest BCUT2D eigenvalue weighted by Crippen LogP contribution is -2.16. The maximum atomic E-state index is 12.9. The van der Waals surface area contributed by atoms with Crippen molar-refractivity contribution in [3.63, 3.8) is 0 Å². The maximum absolute atomic E-state index is 12.9.